The number of aromatic nitrogens is 3. The maximum atomic E-state index is 10.7. The van der Waals surface area contributed by atoms with Gasteiger partial charge >= 0.3 is 5.97 Å². The van der Waals surface area contributed by atoms with Crippen molar-refractivity contribution in [3.63, 3.8) is 0 Å². The lowest BCUT2D eigenvalue weighted by Crippen LogP contribution is -2.18. The smallest absolute Gasteiger partial charge is 0.356 e. The van der Waals surface area contributed by atoms with Crippen molar-refractivity contribution in [1.82, 2.24) is 15.0 Å². The number of carbonyl (C=O) groups is 1. The van der Waals surface area contributed by atoms with E-state index in [9.17, 15) is 4.79 Å². The van der Waals surface area contributed by atoms with Crippen LogP contribution in [0.15, 0.2) is 17.8 Å². The molecule has 0 aliphatic carbocycles. The summed E-state index contributed by atoms with van der Waals surface area (Å²) in [5.41, 5.74) is 0.903. The average Bonchev–Trinajstić information content (AvgIpc) is 2.75. The lowest BCUT2D eigenvalue weighted by atomic mass is 10.4. The predicted octanol–water partition coefficient (Wildman–Crippen LogP) is 1.58. The standard InChI is InChI=1S/C11H12N4O2S/c1-7-14-8(6-18-7)5-15(2)10-4-12-9(3-13-10)11(16)17/h3-4,6H,5H2,1-2H3,(H,16,17). The number of nitrogens with zero attached hydrogens (tertiary/aromatic N) is 4. The molecule has 2 rings (SSSR count). The Kier molecular flexibility index (Phi) is 3.52. The summed E-state index contributed by atoms with van der Waals surface area (Å²) in [5.74, 6) is -0.461. The molecule has 18 heavy (non-hydrogen) atoms. The van der Waals surface area contributed by atoms with Crippen LogP contribution in [0.3, 0.4) is 0 Å². The minimum absolute atomic E-state index is 0.0587. The number of carboxylic acid groups (broad SMARTS) is 1. The molecule has 2 heterocycles. The van der Waals surface area contributed by atoms with Gasteiger partial charge in [-0.3, -0.25) is 0 Å². The Morgan fingerprint density at radius 3 is 2.72 bits per heavy atom. The van der Waals surface area contributed by atoms with E-state index in [1.54, 1.807) is 11.3 Å². The summed E-state index contributed by atoms with van der Waals surface area (Å²) in [6.07, 6.45) is 2.70. The number of rotatable bonds is 4. The maximum Gasteiger partial charge on any atom is 0.356 e. The summed E-state index contributed by atoms with van der Waals surface area (Å²) in [6.45, 7) is 2.57. The molecule has 0 amide bonds. The van der Waals surface area contributed by atoms with Gasteiger partial charge in [0, 0.05) is 12.4 Å². The molecule has 0 aromatic carbocycles. The molecule has 0 bridgehead atoms. The van der Waals surface area contributed by atoms with E-state index in [1.807, 2.05) is 24.3 Å². The molecular formula is C11H12N4O2S. The molecule has 2 aromatic heterocycles. The Morgan fingerprint density at radius 2 is 2.22 bits per heavy atom. The Labute approximate surface area is 108 Å². The van der Waals surface area contributed by atoms with Gasteiger partial charge in [0.2, 0.25) is 0 Å². The number of thiazole rings is 1. The second kappa shape index (κ2) is 5.09. The zero-order valence-electron chi connectivity index (χ0n) is 9.99. The van der Waals surface area contributed by atoms with Gasteiger partial charge in [0.05, 0.1) is 29.6 Å². The van der Waals surface area contributed by atoms with Gasteiger partial charge in [-0.1, -0.05) is 0 Å². The molecule has 6 nitrogen and oxygen atoms in total. The summed E-state index contributed by atoms with van der Waals surface area (Å²) in [5, 5.41) is 11.7. The SMILES string of the molecule is Cc1nc(CN(C)c2cnc(C(=O)O)cn2)cs1. The van der Waals surface area contributed by atoms with Crippen molar-refractivity contribution in [2.24, 2.45) is 0 Å². The number of aryl methyl sites for hydroxylation is 1. The molecule has 0 unspecified atom stereocenters. The molecule has 1 N–H and O–H groups in total. The van der Waals surface area contributed by atoms with E-state index in [2.05, 4.69) is 15.0 Å². The normalized spacial score (nSPS) is 10.3. The summed E-state index contributed by atoms with van der Waals surface area (Å²) in [4.78, 5) is 24.8. The van der Waals surface area contributed by atoms with E-state index in [0.29, 0.717) is 12.4 Å². The number of hydrogen-bond donors (Lipinski definition) is 1. The highest BCUT2D eigenvalue weighted by molar-refractivity contribution is 7.09. The predicted molar refractivity (Wildman–Crippen MR) is 67.9 cm³/mol. The van der Waals surface area contributed by atoms with Gasteiger partial charge in [0.15, 0.2) is 5.69 Å². The number of hydrogen-bond acceptors (Lipinski definition) is 6. The zero-order chi connectivity index (χ0) is 13.1. The topological polar surface area (TPSA) is 79.2 Å². The highest BCUT2D eigenvalue weighted by atomic mass is 32.1. The van der Waals surface area contributed by atoms with Crippen molar-refractivity contribution in [3.8, 4) is 0 Å². The molecule has 0 saturated heterocycles. The molecule has 0 fully saturated rings. The van der Waals surface area contributed by atoms with Crippen LogP contribution >= 0.6 is 11.3 Å². The van der Waals surface area contributed by atoms with Crippen LogP contribution < -0.4 is 4.90 Å². The lowest BCUT2D eigenvalue weighted by molar-refractivity contribution is 0.0690. The van der Waals surface area contributed by atoms with Gasteiger partial charge in [-0.2, -0.15) is 0 Å². The first-order chi connectivity index (χ1) is 8.56. The largest absolute Gasteiger partial charge is 0.476 e. The van der Waals surface area contributed by atoms with Gasteiger partial charge in [0.1, 0.15) is 5.82 Å². The Hall–Kier alpha value is -2.02. The minimum Gasteiger partial charge on any atom is -0.476 e. The van der Waals surface area contributed by atoms with Crippen LogP contribution in [0.4, 0.5) is 5.82 Å². The summed E-state index contributed by atoms with van der Waals surface area (Å²) in [6, 6.07) is 0. The fraction of sp³-hybridized carbons (Fsp3) is 0.273. The first kappa shape index (κ1) is 12.4. The molecule has 0 saturated carbocycles. The zero-order valence-corrected chi connectivity index (χ0v) is 10.8. The summed E-state index contributed by atoms with van der Waals surface area (Å²) in [7, 11) is 1.86. The van der Waals surface area contributed by atoms with E-state index < -0.39 is 5.97 Å². The van der Waals surface area contributed by atoms with Gasteiger partial charge in [-0.15, -0.1) is 11.3 Å². The Morgan fingerprint density at radius 1 is 1.44 bits per heavy atom. The highest BCUT2D eigenvalue weighted by Crippen LogP contribution is 2.13. The second-order valence-corrected chi connectivity index (χ2v) is 4.84. The molecule has 0 atom stereocenters. The van der Waals surface area contributed by atoms with Gasteiger partial charge in [-0.05, 0) is 6.92 Å². The number of anilines is 1. The van der Waals surface area contributed by atoms with Crippen molar-refractivity contribution in [2.75, 3.05) is 11.9 Å². The fourth-order valence-electron chi connectivity index (χ4n) is 1.43. The van der Waals surface area contributed by atoms with Crippen LogP contribution in [0.2, 0.25) is 0 Å². The fourth-order valence-corrected chi connectivity index (χ4v) is 2.04. The van der Waals surface area contributed by atoms with Crippen LogP contribution in [-0.4, -0.2) is 33.1 Å². The molecule has 0 radical (unpaired) electrons. The van der Waals surface area contributed by atoms with E-state index in [0.717, 1.165) is 10.7 Å². The lowest BCUT2D eigenvalue weighted by Gasteiger charge is -2.16. The second-order valence-electron chi connectivity index (χ2n) is 3.78. The third-order valence-electron chi connectivity index (χ3n) is 2.31. The summed E-state index contributed by atoms with van der Waals surface area (Å²) >= 11 is 1.60. The van der Waals surface area contributed by atoms with Crippen LogP contribution in [0.1, 0.15) is 21.2 Å². The minimum atomic E-state index is -1.08. The third-order valence-corrected chi connectivity index (χ3v) is 3.14. The molecule has 0 spiro atoms. The molecule has 7 heteroatoms. The van der Waals surface area contributed by atoms with E-state index >= 15 is 0 Å². The van der Waals surface area contributed by atoms with Gasteiger partial charge in [0.25, 0.3) is 0 Å². The van der Waals surface area contributed by atoms with E-state index in [1.165, 1.54) is 12.4 Å². The quantitative estimate of drug-likeness (QED) is 0.903. The average molecular weight is 264 g/mol. The molecule has 0 aliphatic rings. The van der Waals surface area contributed by atoms with Crippen LogP contribution in [0, 0.1) is 6.92 Å². The highest BCUT2D eigenvalue weighted by Gasteiger charge is 2.09. The summed E-state index contributed by atoms with van der Waals surface area (Å²) < 4.78 is 0. The van der Waals surface area contributed by atoms with E-state index in [4.69, 9.17) is 5.11 Å². The van der Waals surface area contributed by atoms with Crippen LogP contribution in [0.25, 0.3) is 0 Å². The van der Waals surface area contributed by atoms with Crippen LogP contribution in [-0.2, 0) is 6.54 Å². The first-order valence-electron chi connectivity index (χ1n) is 5.24. The van der Waals surface area contributed by atoms with Crippen molar-refractivity contribution >= 4 is 23.1 Å². The van der Waals surface area contributed by atoms with Crippen molar-refractivity contribution in [3.05, 3.63) is 34.2 Å². The first-order valence-corrected chi connectivity index (χ1v) is 6.11. The maximum absolute atomic E-state index is 10.7. The Bertz CT molecular complexity index is 552. The van der Waals surface area contributed by atoms with Crippen molar-refractivity contribution < 1.29 is 9.90 Å². The molecule has 94 valence electrons. The number of carboxylic acids is 1. The van der Waals surface area contributed by atoms with Crippen molar-refractivity contribution in [1.29, 1.82) is 0 Å². The number of aromatic carboxylic acids is 1. The Balaban J connectivity index is 2.09. The van der Waals surface area contributed by atoms with E-state index in [-0.39, 0.29) is 5.69 Å². The van der Waals surface area contributed by atoms with Crippen LogP contribution in [0.5, 0.6) is 0 Å². The van der Waals surface area contributed by atoms with Gasteiger partial charge in [-0.25, -0.2) is 19.7 Å². The monoisotopic (exact) mass is 264 g/mol. The molecule has 2 aromatic rings. The van der Waals surface area contributed by atoms with Crippen molar-refractivity contribution in [2.45, 2.75) is 13.5 Å². The third kappa shape index (κ3) is 2.80. The molecular weight excluding hydrogens is 252 g/mol. The van der Waals surface area contributed by atoms with Gasteiger partial charge < -0.3 is 10.0 Å². The molecule has 0 aliphatic heterocycles.